The number of aryl methyl sites for hydroxylation is 2. The van der Waals surface area contributed by atoms with Crippen LogP contribution in [0.1, 0.15) is 18.1 Å². The Balaban J connectivity index is 1.80. The summed E-state index contributed by atoms with van der Waals surface area (Å²) in [6, 6.07) is 8.05. The van der Waals surface area contributed by atoms with Crippen LogP contribution in [0.3, 0.4) is 0 Å². The fourth-order valence-corrected chi connectivity index (χ4v) is 4.61. The zero-order valence-electron chi connectivity index (χ0n) is 16.9. The SMILES string of the molecule is Cc1ccc(NC(=O)CN(C)S(=O)(=O)c2cc3c(cc2C)NC(=O)[C@H](C)O3)c(Cl)c1. The number of carbonyl (C=O) groups excluding carboxylic acids is 2. The number of nitrogens with zero attached hydrogens (tertiary/aromatic N) is 1. The number of anilines is 2. The Hall–Kier alpha value is -2.62. The number of hydrogen-bond donors (Lipinski definition) is 2. The average Bonchev–Trinajstić information content (AvgIpc) is 2.64. The van der Waals surface area contributed by atoms with Crippen LogP contribution in [0, 0.1) is 13.8 Å². The van der Waals surface area contributed by atoms with Gasteiger partial charge in [-0.05, 0) is 50.1 Å². The third kappa shape index (κ3) is 4.43. The maximum absolute atomic E-state index is 13.1. The fraction of sp³-hybridized carbons (Fsp3) is 0.300. The van der Waals surface area contributed by atoms with E-state index in [0.29, 0.717) is 22.0 Å². The second-order valence-electron chi connectivity index (χ2n) is 7.16. The molecule has 0 aliphatic carbocycles. The Bertz CT molecular complexity index is 1130. The van der Waals surface area contributed by atoms with Crippen LogP contribution in [0.15, 0.2) is 35.2 Å². The molecular weight excluding hydrogens is 430 g/mol. The topological polar surface area (TPSA) is 105 Å². The molecule has 0 unspecified atom stereocenters. The van der Waals surface area contributed by atoms with Gasteiger partial charge in [0.1, 0.15) is 5.75 Å². The van der Waals surface area contributed by atoms with E-state index in [-0.39, 0.29) is 16.6 Å². The smallest absolute Gasteiger partial charge is 0.265 e. The molecule has 10 heteroatoms. The monoisotopic (exact) mass is 451 g/mol. The normalized spacial score (nSPS) is 15.9. The number of sulfonamides is 1. The third-order valence-corrected chi connectivity index (χ3v) is 6.92. The van der Waals surface area contributed by atoms with Gasteiger partial charge in [-0.1, -0.05) is 17.7 Å². The quantitative estimate of drug-likeness (QED) is 0.727. The van der Waals surface area contributed by atoms with Gasteiger partial charge in [-0.2, -0.15) is 4.31 Å². The Labute approximate surface area is 180 Å². The van der Waals surface area contributed by atoms with E-state index in [1.54, 1.807) is 32.0 Å². The lowest BCUT2D eigenvalue weighted by atomic mass is 10.1. The Kier molecular flexibility index (Phi) is 6.07. The van der Waals surface area contributed by atoms with Crippen LogP contribution in [-0.4, -0.2) is 44.2 Å². The highest BCUT2D eigenvalue weighted by Gasteiger charge is 2.30. The van der Waals surface area contributed by atoms with Gasteiger partial charge in [0.25, 0.3) is 5.91 Å². The summed E-state index contributed by atoms with van der Waals surface area (Å²) >= 11 is 6.12. The number of fused-ring (bicyclic) bond motifs is 1. The van der Waals surface area contributed by atoms with Gasteiger partial charge in [0.2, 0.25) is 15.9 Å². The minimum atomic E-state index is -3.99. The molecule has 2 aromatic carbocycles. The van der Waals surface area contributed by atoms with Crippen LogP contribution < -0.4 is 15.4 Å². The van der Waals surface area contributed by atoms with E-state index in [9.17, 15) is 18.0 Å². The van der Waals surface area contributed by atoms with Crippen molar-refractivity contribution in [1.29, 1.82) is 0 Å². The molecule has 8 nitrogen and oxygen atoms in total. The number of rotatable bonds is 5. The van der Waals surface area contributed by atoms with Crippen molar-refractivity contribution in [1.82, 2.24) is 4.31 Å². The molecular formula is C20H22ClN3O5S. The van der Waals surface area contributed by atoms with Crippen LogP contribution in [-0.2, 0) is 19.6 Å². The van der Waals surface area contributed by atoms with Crippen LogP contribution >= 0.6 is 11.6 Å². The summed E-state index contributed by atoms with van der Waals surface area (Å²) in [4.78, 5) is 24.1. The number of amides is 2. The van der Waals surface area contributed by atoms with E-state index >= 15 is 0 Å². The van der Waals surface area contributed by atoms with Crippen molar-refractivity contribution >= 4 is 44.8 Å². The largest absolute Gasteiger partial charge is 0.479 e. The van der Waals surface area contributed by atoms with Gasteiger partial charge in [-0.3, -0.25) is 9.59 Å². The Morgan fingerprint density at radius 1 is 1.27 bits per heavy atom. The molecule has 160 valence electrons. The molecule has 1 aliphatic rings. The number of nitrogens with one attached hydrogen (secondary N) is 2. The Morgan fingerprint density at radius 2 is 1.97 bits per heavy atom. The van der Waals surface area contributed by atoms with Crippen molar-refractivity contribution in [2.45, 2.75) is 31.8 Å². The minimum Gasteiger partial charge on any atom is -0.479 e. The van der Waals surface area contributed by atoms with Crippen molar-refractivity contribution in [3.8, 4) is 5.75 Å². The molecule has 0 saturated carbocycles. The highest BCUT2D eigenvalue weighted by Crippen LogP contribution is 2.35. The maximum atomic E-state index is 13.1. The number of carbonyl (C=O) groups is 2. The summed E-state index contributed by atoms with van der Waals surface area (Å²) in [6.07, 6.45) is -0.737. The molecule has 2 N–H and O–H groups in total. The van der Waals surface area contributed by atoms with Crippen LogP contribution in [0.4, 0.5) is 11.4 Å². The van der Waals surface area contributed by atoms with Gasteiger partial charge in [0, 0.05) is 13.1 Å². The fourth-order valence-electron chi connectivity index (χ4n) is 2.99. The third-order valence-electron chi connectivity index (χ3n) is 4.66. The summed E-state index contributed by atoms with van der Waals surface area (Å²) in [7, 11) is -2.68. The molecule has 1 atom stereocenters. The van der Waals surface area contributed by atoms with Crippen molar-refractivity contribution in [2.75, 3.05) is 24.2 Å². The van der Waals surface area contributed by atoms with Crippen LogP contribution in [0.5, 0.6) is 5.75 Å². The van der Waals surface area contributed by atoms with Gasteiger partial charge < -0.3 is 15.4 Å². The van der Waals surface area contributed by atoms with Gasteiger partial charge in [-0.25, -0.2) is 8.42 Å². The van der Waals surface area contributed by atoms with Crippen molar-refractivity contribution < 1.29 is 22.7 Å². The zero-order valence-corrected chi connectivity index (χ0v) is 18.5. The van der Waals surface area contributed by atoms with Crippen LogP contribution in [0.25, 0.3) is 0 Å². The lowest BCUT2D eigenvalue weighted by molar-refractivity contribution is -0.122. The van der Waals surface area contributed by atoms with E-state index in [0.717, 1.165) is 9.87 Å². The maximum Gasteiger partial charge on any atom is 0.265 e. The molecule has 30 heavy (non-hydrogen) atoms. The average molecular weight is 452 g/mol. The minimum absolute atomic E-state index is 0.00623. The van der Waals surface area contributed by atoms with Gasteiger partial charge in [-0.15, -0.1) is 0 Å². The van der Waals surface area contributed by atoms with E-state index < -0.39 is 28.6 Å². The predicted molar refractivity (Wildman–Crippen MR) is 115 cm³/mol. The molecule has 1 aliphatic heterocycles. The van der Waals surface area contributed by atoms with Gasteiger partial charge in [0.15, 0.2) is 6.10 Å². The number of hydrogen-bond acceptors (Lipinski definition) is 5. The first-order valence-electron chi connectivity index (χ1n) is 9.13. The summed E-state index contributed by atoms with van der Waals surface area (Å²) in [5.74, 6) is -0.573. The first-order valence-corrected chi connectivity index (χ1v) is 11.0. The molecule has 3 rings (SSSR count). The van der Waals surface area contributed by atoms with E-state index in [1.807, 2.05) is 6.92 Å². The lowest BCUT2D eigenvalue weighted by Gasteiger charge is -2.25. The van der Waals surface area contributed by atoms with Crippen molar-refractivity contribution in [3.05, 3.63) is 46.5 Å². The molecule has 2 aromatic rings. The highest BCUT2D eigenvalue weighted by atomic mass is 35.5. The number of benzene rings is 2. The number of likely N-dealkylation sites (N-methyl/N-ethyl adjacent to an activating group) is 1. The van der Waals surface area contributed by atoms with E-state index in [2.05, 4.69) is 10.6 Å². The van der Waals surface area contributed by atoms with Gasteiger partial charge >= 0.3 is 0 Å². The molecule has 0 radical (unpaired) electrons. The van der Waals surface area contributed by atoms with E-state index in [4.69, 9.17) is 16.3 Å². The predicted octanol–water partition coefficient (Wildman–Crippen LogP) is 2.94. The first-order chi connectivity index (χ1) is 14.0. The standard InChI is InChI=1S/C20H22ClN3O5S/c1-11-5-6-15(14(21)7-11)22-19(25)10-24(4)30(27,28)18-9-17-16(8-12(18)2)23-20(26)13(3)29-17/h5-9,13H,10H2,1-4H3,(H,22,25)(H,23,26)/t13-/m0/s1. The molecule has 0 aromatic heterocycles. The summed E-state index contributed by atoms with van der Waals surface area (Å²) in [6.45, 7) is 4.64. The van der Waals surface area contributed by atoms with Crippen molar-refractivity contribution in [2.24, 2.45) is 0 Å². The molecule has 1 heterocycles. The summed E-state index contributed by atoms with van der Waals surface area (Å²) < 4.78 is 32.6. The van der Waals surface area contributed by atoms with Gasteiger partial charge in [0.05, 0.1) is 27.8 Å². The molecule has 0 fully saturated rings. The highest BCUT2D eigenvalue weighted by molar-refractivity contribution is 7.89. The first kappa shape index (κ1) is 22.1. The Morgan fingerprint density at radius 3 is 2.63 bits per heavy atom. The second-order valence-corrected chi connectivity index (χ2v) is 9.58. The second kappa shape index (κ2) is 8.25. The molecule has 0 spiro atoms. The zero-order chi connectivity index (χ0) is 22.2. The summed E-state index contributed by atoms with van der Waals surface area (Å²) in [5, 5.41) is 5.66. The lowest BCUT2D eigenvalue weighted by Crippen LogP contribution is -2.36. The molecule has 0 bridgehead atoms. The summed E-state index contributed by atoms with van der Waals surface area (Å²) in [5.41, 5.74) is 2.17. The van der Waals surface area contributed by atoms with Crippen molar-refractivity contribution in [3.63, 3.8) is 0 Å². The van der Waals surface area contributed by atoms with Crippen LogP contribution in [0.2, 0.25) is 5.02 Å². The van der Waals surface area contributed by atoms with E-state index in [1.165, 1.54) is 19.2 Å². The number of ether oxygens (including phenoxy) is 1. The molecule has 2 amide bonds. The number of halogens is 1. The molecule has 0 saturated heterocycles.